The van der Waals surface area contributed by atoms with Gasteiger partial charge in [-0.1, -0.05) is 17.7 Å². The lowest BCUT2D eigenvalue weighted by Gasteiger charge is -2.25. The number of anilines is 1. The Hall–Kier alpha value is -1.55. The predicted octanol–water partition coefficient (Wildman–Crippen LogP) is 2.11. The van der Waals surface area contributed by atoms with Crippen molar-refractivity contribution in [1.82, 2.24) is 5.32 Å². The quantitative estimate of drug-likeness (QED) is 0.863. The van der Waals surface area contributed by atoms with E-state index in [9.17, 15) is 9.59 Å². The van der Waals surface area contributed by atoms with Crippen molar-refractivity contribution in [1.29, 1.82) is 0 Å². The number of benzene rings is 1. The molecule has 1 aromatic rings. The van der Waals surface area contributed by atoms with Crippen LogP contribution in [-0.2, 0) is 4.79 Å². The smallest absolute Gasteiger partial charge is 0.227 e. The van der Waals surface area contributed by atoms with Crippen LogP contribution < -0.4 is 10.2 Å². The van der Waals surface area contributed by atoms with Crippen LogP contribution in [-0.4, -0.2) is 32.3 Å². The number of hydrogen-bond acceptors (Lipinski definition) is 3. The lowest BCUT2D eigenvalue weighted by molar-refractivity contribution is -0.128. The maximum Gasteiger partial charge on any atom is 0.227 e. The molecule has 102 valence electrons. The molecule has 4 nitrogen and oxygen atoms in total. The molecular weight excluding hydrogens is 264 g/mol. The molecule has 0 aliphatic carbocycles. The molecule has 1 aliphatic heterocycles. The second kappa shape index (κ2) is 5.21. The first-order valence-corrected chi connectivity index (χ1v) is 6.60. The topological polar surface area (TPSA) is 49.4 Å². The van der Waals surface area contributed by atoms with E-state index in [0.29, 0.717) is 17.1 Å². The summed E-state index contributed by atoms with van der Waals surface area (Å²) in [6.45, 7) is 3.27. The van der Waals surface area contributed by atoms with Gasteiger partial charge in [-0.25, -0.2) is 0 Å². The minimum absolute atomic E-state index is 0.0321. The molecule has 0 radical (unpaired) electrons. The molecule has 1 saturated heterocycles. The van der Waals surface area contributed by atoms with Gasteiger partial charge in [0.05, 0.1) is 16.0 Å². The maximum atomic E-state index is 11.9. The van der Waals surface area contributed by atoms with Crippen molar-refractivity contribution in [2.45, 2.75) is 13.3 Å². The summed E-state index contributed by atoms with van der Waals surface area (Å²) in [6, 6.07) is 5.38. The largest absolute Gasteiger partial charge is 0.370 e. The summed E-state index contributed by atoms with van der Waals surface area (Å²) in [7, 11) is 1.65. The van der Waals surface area contributed by atoms with E-state index < -0.39 is 5.41 Å². The van der Waals surface area contributed by atoms with Gasteiger partial charge in [-0.3, -0.25) is 9.59 Å². The highest BCUT2D eigenvalue weighted by atomic mass is 35.5. The fourth-order valence-electron chi connectivity index (χ4n) is 2.57. The van der Waals surface area contributed by atoms with Crippen LogP contribution in [0.2, 0.25) is 5.02 Å². The number of carbonyl (C=O) groups excluding carboxylic acids is 2. The molecule has 1 unspecified atom stereocenters. The van der Waals surface area contributed by atoms with E-state index >= 15 is 0 Å². The third-order valence-electron chi connectivity index (χ3n) is 3.74. The molecule has 5 heteroatoms. The van der Waals surface area contributed by atoms with Crippen LogP contribution in [0.15, 0.2) is 18.2 Å². The third kappa shape index (κ3) is 2.45. The summed E-state index contributed by atoms with van der Waals surface area (Å²) in [5.74, 6) is 0.0321. The lowest BCUT2D eigenvalue weighted by Crippen LogP contribution is -2.39. The van der Waals surface area contributed by atoms with Crippen LogP contribution in [0.3, 0.4) is 0 Å². The van der Waals surface area contributed by atoms with Crippen molar-refractivity contribution >= 4 is 29.5 Å². The maximum absolute atomic E-state index is 11.9. The fourth-order valence-corrected chi connectivity index (χ4v) is 2.79. The number of carbonyl (C=O) groups is 2. The Morgan fingerprint density at radius 3 is 2.89 bits per heavy atom. The molecule has 0 bridgehead atoms. The molecule has 1 amide bonds. The molecule has 1 N–H and O–H groups in total. The summed E-state index contributed by atoms with van der Waals surface area (Å²) in [5.41, 5.74) is 0.873. The first-order valence-electron chi connectivity index (χ1n) is 6.22. The van der Waals surface area contributed by atoms with Crippen molar-refractivity contribution in [2.75, 3.05) is 25.0 Å². The molecule has 1 fully saturated rings. The Morgan fingerprint density at radius 2 is 2.26 bits per heavy atom. The van der Waals surface area contributed by atoms with Gasteiger partial charge in [0.15, 0.2) is 6.29 Å². The molecule has 19 heavy (non-hydrogen) atoms. The molecule has 1 aliphatic rings. The van der Waals surface area contributed by atoms with Crippen LogP contribution in [0.5, 0.6) is 0 Å². The summed E-state index contributed by atoms with van der Waals surface area (Å²) in [4.78, 5) is 25.1. The molecular formula is C14H17ClN2O2. The number of nitrogens with zero attached hydrogens (tertiary/aromatic N) is 1. The Kier molecular flexibility index (Phi) is 3.80. The normalized spacial score (nSPS) is 22.4. The molecule has 2 rings (SSSR count). The van der Waals surface area contributed by atoms with E-state index in [4.69, 9.17) is 11.6 Å². The summed E-state index contributed by atoms with van der Waals surface area (Å²) >= 11 is 6.03. The van der Waals surface area contributed by atoms with Crippen LogP contribution in [0.4, 0.5) is 5.69 Å². The van der Waals surface area contributed by atoms with Crippen molar-refractivity contribution < 1.29 is 9.59 Å². The Bertz CT molecular complexity index is 518. The average Bonchev–Trinajstić information content (AvgIpc) is 2.81. The second-order valence-electron chi connectivity index (χ2n) is 5.10. The summed E-state index contributed by atoms with van der Waals surface area (Å²) in [5, 5.41) is 3.14. The first kappa shape index (κ1) is 13.9. The zero-order valence-electron chi connectivity index (χ0n) is 11.1. The molecule has 0 saturated carbocycles. The zero-order chi connectivity index (χ0) is 14.0. The molecule has 0 aromatic heterocycles. The molecule has 0 spiro atoms. The average molecular weight is 281 g/mol. The van der Waals surface area contributed by atoms with Crippen molar-refractivity contribution in [3.8, 4) is 0 Å². The third-order valence-corrected chi connectivity index (χ3v) is 4.07. The number of amides is 1. The minimum Gasteiger partial charge on any atom is -0.370 e. The molecule has 1 aromatic carbocycles. The van der Waals surface area contributed by atoms with Gasteiger partial charge in [-0.2, -0.15) is 0 Å². The number of hydrogen-bond donors (Lipinski definition) is 1. The van der Waals surface area contributed by atoms with E-state index in [2.05, 4.69) is 5.32 Å². The van der Waals surface area contributed by atoms with Gasteiger partial charge in [0.2, 0.25) is 5.91 Å². The summed E-state index contributed by atoms with van der Waals surface area (Å²) in [6.07, 6.45) is 1.53. The fraction of sp³-hybridized carbons (Fsp3) is 0.429. The van der Waals surface area contributed by atoms with E-state index in [1.165, 1.54) is 0 Å². The zero-order valence-corrected chi connectivity index (χ0v) is 11.8. The van der Waals surface area contributed by atoms with Crippen molar-refractivity contribution in [3.63, 3.8) is 0 Å². The molecule has 1 heterocycles. The van der Waals surface area contributed by atoms with Gasteiger partial charge in [0, 0.05) is 25.8 Å². The van der Waals surface area contributed by atoms with Gasteiger partial charge in [-0.15, -0.1) is 0 Å². The Morgan fingerprint density at radius 1 is 1.53 bits per heavy atom. The lowest BCUT2D eigenvalue weighted by atomic mass is 9.89. The van der Waals surface area contributed by atoms with Crippen molar-refractivity contribution in [2.24, 2.45) is 5.41 Å². The van der Waals surface area contributed by atoms with Crippen LogP contribution >= 0.6 is 11.6 Å². The van der Waals surface area contributed by atoms with E-state index in [1.54, 1.807) is 13.1 Å². The monoisotopic (exact) mass is 280 g/mol. The molecule has 1 atom stereocenters. The van der Waals surface area contributed by atoms with Gasteiger partial charge < -0.3 is 10.2 Å². The predicted molar refractivity (Wildman–Crippen MR) is 75.8 cm³/mol. The number of nitrogens with one attached hydrogen (secondary N) is 1. The Labute approximate surface area is 117 Å². The standard InChI is InChI=1S/C14H17ClN2O2/c1-14(13(19)16-2)6-7-17(9-14)12-5-3-4-11(15)10(12)8-18/h3-5,8H,6-7,9H2,1-2H3,(H,16,19). The van der Waals surface area contributed by atoms with Crippen LogP contribution in [0, 0.1) is 5.41 Å². The highest BCUT2D eigenvalue weighted by molar-refractivity contribution is 6.33. The van der Waals surface area contributed by atoms with Crippen LogP contribution in [0.1, 0.15) is 23.7 Å². The summed E-state index contributed by atoms with van der Waals surface area (Å²) < 4.78 is 0. The van der Waals surface area contributed by atoms with E-state index in [1.807, 2.05) is 24.0 Å². The number of halogens is 1. The van der Waals surface area contributed by atoms with E-state index in [-0.39, 0.29) is 5.91 Å². The highest BCUT2D eigenvalue weighted by Crippen LogP contribution is 2.36. The second-order valence-corrected chi connectivity index (χ2v) is 5.51. The first-order chi connectivity index (χ1) is 9.01. The SMILES string of the molecule is CNC(=O)C1(C)CCN(c2cccc(Cl)c2C=O)C1. The van der Waals surface area contributed by atoms with Crippen molar-refractivity contribution in [3.05, 3.63) is 28.8 Å². The van der Waals surface area contributed by atoms with E-state index in [0.717, 1.165) is 24.9 Å². The number of rotatable bonds is 3. The van der Waals surface area contributed by atoms with Gasteiger partial charge in [0.25, 0.3) is 0 Å². The minimum atomic E-state index is -0.419. The van der Waals surface area contributed by atoms with Gasteiger partial charge >= 0.3 is 0 Å². The van der Waals surface area contributed by atoms with Gasteiger partial charge in [-0.05, 0) is 25.5 Å². The highest BCUT2D eigenvalue weighted by Gasteiger charge is 2.40. The Balaban J connectivity index is 2.29. The number of aldehydes is 1. The van der Waals surface area contributed by atoms with Gasteiger partial charge in [0.1, 0.15) is 0 Å². The van der Waals surface area contributed by atoms with Crippen LogP contribution in [0.25, 0.3) is 0 Å².